The van der Waals surface area contributed by atoms with Crippen LogP contribution in [0.25, 0.3) is 0 Å². The third-order valence-electron chi connectivity index (χ3n) is 5.25. The van der Waals surface area contributed by atoms with Crippen LogP contribution < -0.4 is 0 Å². The topological polar surface area (TPSA) is 26.3 Å². The molecular formula is C14H26O2. The molecule has 0 amide bonds. The summed E-state index contributed by atoms with van der Waals surface area (Å²) in [6, 6.07) is 0. The van der Waals surface area contributed by atoms with Gasteiger partial charge in [0.2, 0.25) is 0 Å². The lowest BCUT2D eigenvalue weighted by atomic mass is 9.94. The van der Waals surface area contributed by atoms with Gasteiger partial charge in [-0.1, -0.05) is 34.1 Å². The Bertz CT molecular complexity index is 274. The number of esters is 1. The van der Waals surface area contributed by atoms with Crippen LogP contribution in [0.2, 0.25) is 0 Å². The molecule has 4 atom stereocenters. The molecule has 2 nitrogen and oxygen atoms in total. The van der Waals surface area contributed by atoms with Crippen LogP contribution in [-0.2, 0) is 9.53 Å². The van der Waals surface area contributed by atoms with Crippen LogP contribution in [-0.4, -0.2) is 13.1 Å². The van der Waals surface area contributed by atoms with Crippen LogP contribution >= 0.6 is 0 Å². The summed E-state index contributed by atoms with van der Waals surface area (Å²) in [4.78, 5) is 11.9. The van der Waals surface area contributed by atoms with Gasteiger partial charge in [0.05, 0.1) is 12.5 Å². The molecular weight excluding hydrogens is 200 g/mol. The van der Waals surface area contributed by atoms with Gasteiger partial charge >= 0.3 is 5.97 Å². The second-order valence-electron chi connectivity index (χ2n) is 5.77. The number of methoxy groups -OCH3 is 1. The molecule has 1 aliphatic carbocycles. The first kappa shape index (κ1) is 13.5. The number of carbonyl (C=O) groups excluding carboxylic acids is 1. The number of carbonyl (C=O) groups is 1. The quantitative estimate of drug-likeness (QED) is 0.669. The van der Waals surface area contributed by atoms with E-state index in [4.69, 9.17) is 4.74 Å². The van der Waals surface area contributed by atoms with Crippen molar-refractivity contribution in [2.24, 2.45) is 22.7 Å². The molecule has 0 N–H and O–H groups in total. The second kappa shape index (κ2) is 4.38. The Morgan fingerprint density at radius 2 is 1.94 bits per heavy atom. The van der Waals surface area contributed by atoms with Gasteiger partial charge in [-0.3, -0.25) is 4.79 Å². The molecule has 0 saturated heterocycles. The van der Waals surface area contributed by atoms with Gasteiger partial charge in [0.1, 0.15) is 0 Å². The SMILES string of the molecule is CCC(C)CC1C(C)(C(=O)OC)[C@]1(C)CC. The Morgan fingerprint density at radius 3 is 2.31 bits per heavy atom. The first-order chi connectivity index (χ1) is 7.38. The predicted octanol–water partition coefficient (Wildman–Crippen LogP) is 3.65. The van der Waals surface area contributed by atoms with E-state index >= 15 is 0 Å². The smallest absolute Gasteiger partial charge is 0.312 e. The molecule has 0 aromatic carbocycles. The highest BCUT2D eigenvalue weighted by molar-refractivity contribution is 5.82. The standard InChI is InChI=1S/C14H26O2/c1-7-10(3)9-11-13(4,8-2)14(11,5)12(15)16-6/h10-11H,7-9H2,1-6H3/t10?,11?,13-,14?/m1/s1. The van der Waals surface area contributed by atoms with Crippen molar-refractivity contribution in [1.29, 1.82) is 0 Å². The Balaban J connectivity index is 2.82. The van der Waals surface area contributed by atoms with Crippen LogP contribution in [0.15, 0.2) is 0 Å². The van der Waals surface area contributed by atoms with Crippen molar-refractivity contribution in [1.82, 2.24) is 0 Å². The lowest BCUT2D eigenvalue weighted by molar-refractivity contribution is -0.148. The van der Waals surface area contributed by atoms with Gasteiger partial charge in [-0.15, -0.1) is 0 Å². The summed E-state index contributed by atoms with van der Waals surface area (Å²) in [6.45, 7) is 11.0. The zero-order chi connectivity index (χ0) is 12.6. The molecule has 1 saturated carbocycles. The van der Waals surface area contributed by atoms with E-state index in [1.807, 2.05) is 0 Å². The molecule has 3 unspecified atom stereocenters. The maximum atomic E-state index is 11.9. The Morgan fingerprint density at radius 1 is 1.38 bits per heavy atom. The largest absolute Gasteiger partial charge is 0.469 e. The van der Waals surface area contributed by atoms with Gasteiger partial charge in [-0.25, -0.2) is 0 Å². The third kappa shape index (κ3) is 1.66. The number of hydrogen-bond donors (Lipinski definition) is 0. The van der Waals surface area contributed by atoms with Crippen molar-refractivity contribution in [3.63, 3.8) is 0 Å². The fraction of sp³-hybridized carbons (Fsp3) is 0.929. The van der Waals surface area contributed by atoms with Crippen LogP contribution in [0, 0.1) is 22.7 Å². The van der Waals surface area contributed by atoms with E-state index in [9.17, 15) is 4.79 Å². The van der Waals surface area contributed by atoms with Crippen LogP contribution in [0.3, 0.4) is 0 Å². The second-order valence-corrected chi connectivity index (χ2v) is 5.77. The maximum Gasteiger partial charge on any atom is 0.312 e. The predicted molar refractivity (Wildman–Crippen MR) is 66.1 cm³/mol. The van der Waals surface area contributed by atoms with Crippen molar-refractivity contribution >= 4 is 5.97 Å². The first-order valence-electron chi connectivity index (χ1n) is 6.46. The molecule has 1 rings (SSSR count). The molecule has 1 aliphatic rings. The zero-order valence-corrected chi connectivity index (χ0v) is 11.6. The lowest BCUT2D eigenvalue weighted by Crippen LogP contribution is -2.20. The summed E-state index contributed by atoms with van der Waals surface area (Å²) < 4.78 is 4.98. The molecule has 2 heteroatoms. The zero-order valence-electron chi connectivity index (χ0n) is 11.6. The molecule has 0 aromatic rings. The molecule has 1 fully saturated rings. The van der Waals surface area contributed by atoms with Gasteiger partial charge in [-0.05, 0) is 37.0 Å². The van der Waals surface area contributed by atoms with Crippen LogP contribution in [0.4, 0.5) is 0 Å². The van der Waals surface area contributed by atoms with Crippen molar-refractivity contribution < 1.29 is 9.53 Å². The van der Waals surface area contributed by atoms with E-state index in [-0.39, 0.29) is 16.8 Å². The number of rotatable bonds is 5. The van der Waals surface area contributed by atoms with Crippen LogP contribution in [0.5, 0.6) is 0 Å². The highest BCUT2D eigenvalue weighted by Crippen LogP contribution is 2.73. The van der Waals surface area contributed by atoms with Crippen molar-refractivity contribution in [3.05, 3.63) is 0 Å². The van der Waals surface area contributed by atoms with E-state index in [1.165, 1.54) is 13.5 Å². The molecule has 0 aromatic heterocycles. The van der Waals surface area contributed by atoms with E-state index in [0.29, 0.717) is 11.8 Å². The minimum atomic E-state index is -0.250. The van der Waals surface area contributed by atoms with Gasteiger partial charge < -0.3 is 4.74 Å². The van der Waals surface area contributed by atoms with Crippen LogP contribution in [0.1, 0.15) is 53.9 Å². The maximum absolute atomic E-state index is 11.9. The van der Waals surface area contributed by atoms with Crippen molar-refractivity contribution in [3.8, 4) is 0 Å². The molecule has 0 radical (unpaired) electrons. The van der Waals surface area contributed by atoms with E-state index in [1.54, 1.807) is 0 Å². The molecule has 0 spiro atoms. The molecule has 16 heavy (non-hydrogen) atoms. The Hall–Kier alpha value is -0.530. The number of ether oxygens (including phenoxy) is 1. The van der Waals surface area contributed by atoms with Gasteiger partial charge in [0.25, 0.3) is 0 Å². The molecule has 94 valence electrons. The monoisotopic (exact) mass is 226 g/mol. The van der Waals surface area contributed by atoms with Gasteiger partial charge in [0.15, 0.2) is 0 Å². The molecule has 0 heterocycles. The van der Waals surface area contributed by atoms with Gasteiger partial charge in [0, 0.05) is 0 Å². The fourth-order valence-electron chi connectivity index (χ4n) is 3.25. The summed E-state index contributed by atoms with van der Waals surface area (Å²) in [7, 11) is 1.50. The fourth-order valence-corrected chi connectivity index (χ4v) is 3.25. The normalized spacial score (nSPS) is 39.2. The summed E-state index contributed by atoms with van der Waals surface area (Å²) in [5.41, 5.74) is -0.108. The summed E-state index contributed by atoms with van der Waals surface area (Å²) in [5.74, 6) is 1.17. The van der Waals surface area contributed by atoms with E-state index < -0.39 is 0 Å². The first-order valence-corrected chi connectivity index (χ1v) is 6.46. The van der Waals surface area contributed by atoms with Gasteiger partial charge in [-0.2, -0.15) is 0 Å². The minimum absolute atomic E-state index is 0.0230. The Kier molecular flexibility index (Phi) is 3.71. The highest BCUT2D eigenvalue weighted by atomic mass is 16.5. The minimum Gasteiger partial charge on any atom is -0.469 e. The average Bonchev–Trinajstić information content (AvgIpc) is 2.77. The lowest BCUT2D eigenvalue weighted by Gasteiger charge is -2.13. The molecule has 0 bridgehead atoms. The average molecular weight is 226 g/mol. The van der Waals surface area contributed by atoms with E-state index in [0.717, 1.165) is 12.8 Å². The Labute approximate surface area is 99.8 Å². The van der Waals surface area contributed by atoms with Crippen molar-refractivity contribution in [2.45, 2.75) is 53.9 Å². The summed E-state index contributed by atoms with van der Waals surface area (Å²) in [5, 5.41) is 0. The van der Waals surface area contributed by atoms with E-state index in [2.05, 4.69) is 34.6 Å². The summed E-state index contributed by atoms with van der Waals surface area (Å²) in [6.07, 6.45) is 3.39. The van der Waals surface area contributed by atoms with Crippen molar-refractivity contribution in [2.75, 3.05) is 7.11 Å². The number of hydrogen-bond acceptors (Lipinski definition) is 2. The molecule has 0 aliphatic heterocycles. The highest BCUT2D eigenvalue weighted by Gasteiger charge is 2.74. The third-order valence-corrected chi connectivity index (χ3v) is 5.25. The summed E-state index contributed by atoms with van der Waals surface area (Å²) >= 11 is 0.